The number of Topliss-reactive ketones (excluding diaryl/α,β-unsaturated/α-hetero) is 1. The third-order valence-corrected chi connectivity index (χ3v) is 8.01. The fourth-order valence-corrected chi connectivity index (χ4v) is 5.58. The molecule has 1 aliphatic rings. The molecule has 0 aromatic heterocycles. The van der Waals surface area contributed by atoms with Gasteiger partial charge < -0.3 is 19.6 Å². The largest absolute Gasteiger partial charge is 0.460 e. The van der Waals surface area contributed by atoms with Crippen molar-refractivity contribution in [3.05, 3.63) is 81.8 Å². The van der Waals surface area contributed by atoms with E-state index in [0.29, 0.717) is 18.6 Å². The topological polar surface area (TPSA) is 120 Å². The Labute approximate surface area is 272 Å². The highest BCUT2D eigenvalue weighted by atomic mass is 35.5. The molecule has 0 fully saturated rings. The van der Waals surface area contributed by atoms with Gasteiger partial charge in [-0.05, 0) is 68.5 Å². The molecule has 1 heterocycles. The van der Waals surface area contributed by atoms with Crippen LogP contribution in [0.4, 0.5) is 0 Å². The molecule has 1 aliphatic heterocycles. The van der Waals surface area contributed by atoms with Crippen molar-refractivity contribution >= 4 is 63.3 Å². The molecule has 11 heteroatoms. The van der Waals surface area contributed by atoms with Crippen LogP contribution in [0.15, 0.2) is 65.8 Å². The van der Waals surface area contributed by atoms with E-state index in [-0.39, 0.29) is 28.5 Å². The number of nitrogens with one attached hydrogen (secondary N) is 1. The summed E-state index contributed by atoms with van der Waals surface area (Å²) in [7, 11) is 0. The molecule has 2 atom stereocenters. The number of esters is 2. The van der Waals surface area contributed by atoms with Crippen LogP contribution in [0.3, 0.4) is 0 Å². The van der Waals surface area contributed by atoms with Gasteiger partial charge in [0.25, 0.3) is 5.91 Å². The van der Waals surface area contributed by atoms with Crippen molar-refractivity contribution in [3.63, 3.8) is 0 Å². The molecule has 9 nitrogen and oxygen atoms in total. The van der Waals surface area contributed by atoms with Gasteiger partial charge in [0.1, 0.15) is 11.6 Å². The summed E-state index contributed by atoms with van der Waals surface area (Å²) in [6, 6.07) is 17.4. The monoisotopic (exact) mass is 654 g/mol. The van der Waals surface area contributed by atoms with Crippen LogP contribution >= 0.6 is 23.2 Å². The minimum Gasteiger partial charge on any atom is -0.460 e. The zero-order valence-electron chi connectivity index (χ0n) is 25.7. The molecule has 1 unspecified atom stereocenters. The molecular formula is C34H36Cl2N2O7. The first-order valence-corrected chi connectivity index (χ1v) is 15.4. The predicted molar refractivity (Wildman–Crippen MR) is 173 cm³/mol. The van der Waals surface area contributed by atoms with E-state index in [0.717, 1.165) is 16.3 Å². The molecule has 1 amide bonds. The highest BCUT2D eigenvalue weighted by Crippen LogP contribution is 2.31. The average molecular weight is 656 g/mol. The molecule has 4 rings (SSSR count). The SMILES string of the molecule is CCC1(C(=O)N[C@@H](CC(=O)OC(C)(C)C)C(=O)COC(=O)c2c(Cl)cccc2Cl)CC(CCc2cccc3ccccc23)=NO1. The van der Waals surface area contributed by atoms with Crippen LogP contribution in [-0.2, 0) is 35.1 Å². The van der Waals surface area contributed by atoms with Crippen LogP contribution < -0.4 is 5.32 Å². The second-order valence-electron chi connectivity index (χ2n) is 11.9. The number of nitrogens with zero attached hydrogens (tertiary/aromatic N) is 1. The fourth-order valence-electron chi connectivity index (χ4n) is 5.03. The first kappa shape index (κ1) is 33.9. The normalized spacial score (nSPS) is 16.8. The number of aryl methyl sites for hydroxylation is 1. The Bertz CT molecular complexity index is 1610. The molecule has 0 spiro atoms. The molecule has 0 bridgehead atoms. The first-order valence-electron chi connectivity index (χ1n) is 14.7. The van der Waals surface area contributed by atoms with Gasteiger partial charge in [-0.25, -0.2) is 4.79 Å². The van der Waals surface area contributed by atoms with Crippen molar-refractivity contribution in [3.8, 4) is 0 Å². The molecule has 3 aromatic carbocycles. The smallest absolute Gasteiger partial charge is 0.341 e. The number of carbonyl (C=O) groups excluding carboxylic acids is 4. The van der Waals surface area contributed by atoms with Gasteiger partial charge >= 0.3 is 11.9 Å². The number of carbonyl (C=O) groups is 4. The van der Waals surface area contributed by atoms with Crippen LogP contribution in [0, 0.1) is 0 Å². The van der Waals surface area contributed by atoms with Crippen LogP contribution in [0.2, 0.25) is 10.0 Å². The summed E-state index contributed by atoms with van der Waals surface area (Å²) >= 11 is 12.2. The summed E-state index contributed by atoms with van der Waals surface area (Å²) in [6.45, 7) is 6.09. The Morgan fingerprint density at radius 1 is 0.978 bits per heavy atom. The number of hydrogen-bond donors (Lipinski definition) is 1. The fraction of sp³-hybridized carbons (Fsp3) is 0.382. The Morgan fingerprint density at radius 3 is 2.33 bits per heavy atom. The van der Waals surface area contributed by atoms with Gasteiger partial charge in [-0.1, -0.05) is 83.8 Å². The summed E-state index contributed by atoms with van der Waals surface area (Å²) < 4.78 is 10.6. The van der Waals surface area contributed by atoms with E-state index < -0.39 is 53.9 Å². The van der Waals surface area contributed by atoms with E-state index >= 15 is 0 Å². The predicted octanol–water partition coefficient (Wildman–Crippen LogP) is 6.65. The molecule has 1 N–H and O–H groups in total. The van der Waals surface area contributed by atoms with Crippen LogP contribution in [-0.4, -0.2) is 53.2 Å². The third kappa shape index (κ3) is 8.61. The van der Waals surface area contributed by atoms with Crippen molar-refractivity contribution in [2.45, 2.75) is 77.0 Å². The van der Waals surface area contributed by atoms with Crippen molar-refractivity contribution in [2.75, 3.05) is 6.61 Å². The Kier molecular flexibility index (Phi) is 10.9. The van der Waals surface area contributed by atoms with Crippen molar-refractivity contribution in [1.82, 2.24) is 5.32 Å². The summed E-state index contributed by atoms with van der Waals surface area (Å²) in [4.78, 5) is 58.1. The first-order chi connectivity index (χ1) is 21.3. The number of ketones is 1. The number of benzene rings is 3. The lowest BCUT2D eigenvalue weighted by atomic mass is 9.90. The molecular weight excluding hydrogens is 619 g/mol. The minimum absolute atomic E-state index is 0.0538. The van der Waals surface area contributed by atoms with Crippen LogP contribution in [0.5, 0.6) is 0 Å². The van der Waals surface area contributed by atoms with Crippen molar-refractivity contribution in [1.29, 1.82) is 0 Å². The van der Waals surface area contributed by atoms with Crippen LogP contribution in [0.1, 0.15) is 69.3 Å². The van der Waals surface area contributed by atoms with Gasteiger partial charge in [0.15, 0.2) is 12.4 Å². The summed E-state index contributed by atoms with van der Waals surface area (Å²) in [5.74, 6) is -2.98. The van der Waals surface area contributed by atoms with Gasteiger partial charge in [0, 0.05) is 6.42 Å². The lowest BCUT2D eigenvalue weighted by molar-refractivity contribution is -0.157. The highest BCUT2D eigenvalue weighted by Gasteiger charge is 2.46. The van der Waals surface area contributed by atoms with Gasteiger partial charge in [0.2, 0.25) is 5.60 Å². The molecule has 0 radical (unpaired) electrons. The van der Waals surface area contributed by atoms with Crippen LogP contribution in [0.25, 0.3) is 10.8 Å². The zero-order valence-corrected chi connectivity index (χ0v) is 27.2. The van der Waals surface area contributed by atoms with Crippen molar-refractivity contribution < 1.29 is 33.5 Å². The third-order valence-electron chi connectivity index (χ3n) is 7.38. The molecule has 0 aliphatic carbocycles. The number of fused-ring (bicyclic) bond motifs is 1. The maximum Gasteiger partial charge on any atom is 0.341 e. The molecule has 238 valence electrons. The highest BCUT2D eigenvalue weighted by molar-refractivity contribution is 6.39. The summed E-state index contributed by atoms with van der Waals surface area (Å²) in [6.07, 6.45) is 1.26. The maximum absolute atomic E-state index is 13.7. The van der Waals surface area contributed by atoms with E-state index in [1.54, 1.807) is 33.8 Å². The zero-order chi connectivity index (χ0) is 32.8. The van der Waals surface area contributed by atoms with Gasteiger partial charge in [0.05, 0.1) is 27.7 Å². The number of hydrogen-bond acceptors (Lipinski definition) is 8. The Hall–Kier alpha value is -3.95. The number of rotatable bonds is 12. The van der Waals surface area contributed by atoms with E-state index in [9.17, 15) is 19.2 Å². The lowest BCUT2D eigenvalue weighted by Gasteiger charge is -2.27. The van der Waals surface area contributed by atoms with E-state index in [1.807, 2.05) is 18.2 Å². The lowest BCUT2D eigenvalue weighted by Crippen LogP contribution is -2.53. The number of oxime groups is 1. The number of amides is 1. The second kappa shape index (κ2) is 14.4. The summed E-state index contributed by atoms with van der Waals surface area (Å²) in [5.41, 5.74) is -0.430. The summed E-state index contributed by atoms with van der Waals surface area (Å²) in [5, 5.41) is 9.28. The standard InChI is InChI=1S/C34H36Cl2N2O7/c1-5-34(19-23(38-45-34)17-16-22-12-8-11-21-10-6-7-13-24(21)22)32(42)37-27(18-29(40)44-33(2,3)4)28(39)20-43-31(41)30-25(35)14-9-15-26(30)36/h6-15,27H,5,16-20H2,1-4H3,(H,37,42)/t27-,34?/m0/s1. The van der Waals surface area contributed by atoms with E-state index in [4.69, 9.17) is 37.5 Å². The quantitative estimate of drug-likeness (QED) is 0.217. The Balaban J connectivity index is 1.44. The number of halogens is 2. The maximum atomic E-state index is 13.7. The van der Waals surface area contributed by atoms with E-state index in [2.05, 4.69) is 34.7 Å². The molecule has 3 aromatic rings. The minimum atomic E-state index is -1.37. The van der Waals surface area contributed by atoms with E-state index in [1.165, 1.54) is 12.1 Å². The van der Waals surface area contributed by atoms with Gasteiger partial charge in [-0.15, -0.1) is 0 Å². The number of ether oxygens (including phenoxy) is 2. The van der Waals surface area contributed by atoms with Crippen molar-refractivity contribution in [2.24, 2.45) is 5.16 Å². The molecule has 0 saturated carbocycles. The molecule has 45 heavy (non-hydrogen) atoms. The van der Waals surface area contributed by atoms with Gasteiger partial charge in [-0.3, -0.25) is 14.4 Å². The molecule has 0 saturated heterocycles. The second-order valence-corrected chi connectivity index (χ2v) is 12.7. The van der Waals surface area contributed by atoms with Gasteiger partial charge in [-0.2, -0.15) is 0 Å². The Morgan fingerprint density at radius 2 is 1.64 bits per heavy atom. The average Bonchev–Trinajstić information content (AvgIpc) is 3.42.